The zero-order valence-corrected chi connectivity index (χ0v) is 27.2. The highest BCUT2D eigenvalue weighted by Gasteiger charge is 2.35. The summed E-state index contributed by atoms with van der Waals surface area (Å²) in [6.45, 7) is 5.56. The number of hydrogen-bond donors (Lipinski definition) is 0. The Kier molecular flexibility index (Phi) is 8.69. The lowest BCUT2D eigenvalue weighted by Crippen LogP contribution is -2.55. The van der Waals surface area contributed by atoms with Crippen LogP contribution in [0.2, 0.25) is 5.02 Å². The van der Waals surface area contributed by atoms with E-state index in [1.807, 2.05) is 29.3 Å². The third-order valence-electron chi connectivity index (χ3n) is 10.0. The number of anilines is 1. The predicted molar refractivity (Wildman–Crippen MR) is 181 cm³/mol. The SMILES string of the molecule is C=C(F)C(=O)N1CCN(c2nc(OCC3CCCN3C)nc3c(C4CCC4)c(-c4cccc5cccc(Cl)c45)cnc23)C[C@@H]1CC#N. The van der Waals surface area contributed by atoms with Gasteiger partial charge in [0.1, 0.15) is 17.6 Å². The number of likely N-dealkylation sites (N-methyl/N-ethyl adjacent to an activating group) is 1. The molecular weight excluding hydrogens is 617 g/mol. The summed E-state index contributed by atoms with van der Waals surface area (Å²) >= 11 is 6.81. The van der Waals surface area contributed by atoms with Gasteiger partial charge in [0.05, 0.1) is 18.5 Å². The van der Waals surface area contributed by atoms with Gasteiger partial charge in [-0.05, 0) is 67.8 Å². The van der Waals surface area contributed by atoms with Crippen molar-refractivity contribution in [3.63, 3.8) is 0 Å². The summed E-state index contributed by atoms with van der Waals surface area (Å²) in [5, 5.41) is 12.3. The van der Waals surface area contributed by atoms with Crippen LogP contribution in [0.4, 0.5) is 10.2 Å². The minimum absolute atomic E-state index is 0.0443. The average molecular weight is 654 g/mol. The van der Waals surface area contributed by atoms with Gasteiger partial charge < -0.3 is 19.4 Å². The molecule has 2 aliphatic heterocycles. The molecule has 2 aromatic carbocycles. The van der Waals surface area contributed by atoms with Gasteiger partial charge in [0, 0.05) is 47.8 Å². The van der Waals surface area contributed by atoms with Crippen molar-refractivity contribution in [1.82, 2.24) is 24.8 Å². The fourth-order valence-corrected chi connectivity index (χ4v) is 7.58. The van der Waals surface area contributed by atoms with E-state index in [4.69, 9.17) is 31.3 Å². The number of aromatic nitrogens is 3. The lowest BCUT2D eigenvalue weighted by atomic mass is 9.76. The molecule has 11 heteroatoms. The number of halogens is 2. The zero-order chi connectivity index (χ0) is 32.7. The molecule has 2 saturated heterocycles. The van der Waals surface area contributed by atoms with Crippen molar-refractivity contribution in [1.29, 1.82) is 5.26 Å². The molecule has 9 nitrogen and oxygen atoms in total. The maximum absolute atomic E-state index is 13.9. The number of hydrogen-bond acceptors (Lipinski definition) is 8. The van der Waals surface area contributed by atoms with E-state index in [-0.39, 0.29) is 37.5 Å². The smallest absolute Gasteiger partial charge is 0.319 e. The van der Waals surface area contributed by atoms with Gasteiger partial charge in [0.2, 0.25) is 0 Å². The van der Waals surface area contributed by atoms with Crippen molar-refractivity contribution >= 4 is 45.1 Å². The first-order valence-corrected chi connectivity index (χ1v) is 16.7. The number of pyridine rings is 1. The second-order valence-corrected chi connectivity index (χ2v) is 13.2. The highest BCUT2D eigenvalue weighted by atomic mass is 35.5. The average Bonchev–Trinajstić information content (AvgIpc) is 3.46. The Hall–Kier alpha value is -4.33. The molecule has 47 heavy (non-hydrogen) atoms. The molecule has 0 N–H and O–H groups in total. The largest absolute Gasteiger partial charge is 0.462 e. The first-order valence-electron chi connectivity index (χ1n) is 16.3. The van der Waals surface area contributed by atoms with E-state index < -0.39 is 17.8 Å². The van der Waals surface area contributed by atoms with Gasteiger partial charge in [-0.15, -0.1) is 0 Å². The van der Waals surface area contributed by atoms with Gasteiger partial charge in [-0.1, -0.05) is 54.9 Å². The normalized spacial score (nSPS) is 20.4. The van der Waals surface area contributed by atoms with Crippen LogP contribution in [-0.4, -0.2) is 82.6 Å². The van der Waals surface area contributed by atoms with Gasteiger partial charge in [-0.25, -0.2) is 4.39 Å². The standard InChI is InChI=1S/C36H37ClFN7O2/c1-22(38)35(46)45-18-17-44(20-25(45)14-15-39)34-33-32(41-36(42-34)47-21-26-11-6-16-43(26)2)31(24-7-3-8-24)28(19-40-33)27-12-4-9-23-10-5-13-29(37)30(23)27/h4-5,9-10,12-13,19,24-26H,1,3,6-8,11,14,16-18,20-21H2,2H3/t25-,26?/m0/s1. The Labute approximate surface area is 278 Å². The summed E-state index contributed by atoms with van der Waals surface area (Å²) in [5.74, 6) is -0.955. The highest BCUT2D eigenvalue weighted by Crippen LogP contribution is 2.47. The minimum Gasteiger partial charge on any atom is -0.462 e. The van der Waals surface area contributed by atoms with Crippen molar-refractivity contribution in [3.05, 3.63) is 65.6 Å². The first-order chi connectivity index (χ1) is 22.8. The molecule has 1 saturated carbocycles. The molecule has 1 amide bonds. The van der Waals surface area contributed by atoms with Gasteiger partial charge in [0.15, 0.2) is 11.6 Å². The molecule has 7 rings (SSSR count). The second-order valence-electron chi connectivity index (χ2n) is 12.8. The molecule has 242 valence electrons. The summed E-state index contributed by atoms with van der Waals surface area (Å²) < 4.78 is 20.3. The summed E-state index contributed by atoms with van der Waals surface area (Å²) in [4.78, 5) is 33.4. The number of carbonyl (C=O) groups is 1. The van der Waals surface area contributed by atoms with E-state index in [1.54, 1.807) is 0 Å². The van der Waals surface area contributed by atoms with Crippen molar-refractivity contribution in [2.24, 2.45) is 0 Å². The molecule has 4 aromatic rings. The van der Waals surface area contributed by atoms with E-state index in [0.29, 0.717) is 29.5 Å². The molecule has 2 aromatic heterocycles. The number of nitrogens with zero attached hydrogens (tertiary/aromatic N) is 7. The van der Waals surface area contributed by atoms with Crippen molar-refractivity contribution in [2.45, 2.75) is 56.5 Å². The van der Waals surface area contributed by atoms with Crippen LogP contribution in [0.3, 0.4) is 0 Å². The predicted octanol–water partition coefficient (Wildman–Crippen LogP) is 6.65. The Balaban J connectivity index is 1.38. The molecule has 1 aliphatic carbocycles. The number of carbonyl (C=O) groups excluding carboxylic acids is 1. The molecular formula is C36H37ClFN7O2. The number of amides is 1. The van der Waals surface area contributed by atoms with Crippen LogP contribution in [-0.2, 0) is 4.79 Å². The minimum atomic E-state index is -1.03. The fourth-order valence-electron chi connectivity index (χ4n) is 7.30. The van der Waals surface area contributed by atoms with Crippen molar-refractivity contribution in [2.75, 3.05) is 44.7 Å². The Morgan fingerprint density at radius 3 is 2.57 bits per heavy atom. The third kappa shape index (κ3) is 5.87. The second kappa shape index (κ2) is 13.1. The molecule has 0 radical (unpaired) electrons. The van der Waals surface area contributed by atoms with Crippen LogP contribution in [0, 0.1) is 11.3 Å². The first kappa shape index (κ1) is 31.3. The molecule has 4 heterocycles. The summed E-state index contributed by atoms with van der Waals surface area (Å²) in [6, 6.07) is 14.3. The topological polar surface area (TPSA) is 98.5 Å². The molecule has 0 bridgehead atoms. The van der Waals surface area contributed by atoms with Gasteiger partial charge >= 0.3 is 6.01 Å². The van der Waals surface area contributed by atoms with Crippen molar-refractivity contribution in [3.8, 4) is 23.2 Å². The Bertz CT molecular complexity index is 1900. The lowest BCUT2D eigenvalue weighted by Gasteiger charge is -2.41. The highest BCUT2D eigenvalue weighted by molar-refractivity contribution is 6.36. The number of fused-ring (bicyclic) bond motifs is 2. The summed E-state index contributed by atoms with van der Waals surface area (Å²) in [6.07, 6.45) is 7.32. The Morgan fingerprint density at radius 2 is 1.87 bits per heavy atom. The number of ether oxygens (including phenoxy) is 1. The maximum Gasteiger partial charge on any atom is 0.319 e. The van der Waals surface area contributed by atoms with Crippen LogP contribution in [0.25, 0.3) is 32.9 Å². The van der Waals surface area contributed by atoms with Crippen LogP contribution >= 0.6 is 11.6 Å². The molecule has 2 atom stereocenters. The van der Waals surface area contributed by atoms with Crippen LogP contribution < -0.4 is 9.64 Å². The quantitative estimate of drug-likeness (QED) is 0.195. The van der Waals surface area contributed by atoms with E-state index in [9.17, 15) is 14.4 Å². The number of piperazine rings is 1. The maximum atomic E-state index is 13.9. The van der Waals surface area contributed by atoms with Crippen LogP contribution in [0.15, 0.2) is 55.0 Å². The van der Waals surface area contributed by atoms with Crippen molar-refractivity contribution < 1.29 is 13.9 Å². The molecule has 3 aliphatic rings. The van der Waals surface area contributed by atoms with E-state index in [1.165, 1.54) is 4.90 Å². The van der Waals surface area contributed by atoms with Gasteiger partial charge in [0.25, 0.3) is 5.91 Å². The van der Waals surface area contributed by atoms with E-state index in [2.05, 4.69) is 42.8 Å². The van der Waals surface area contributed by atoms with Crippen LogP contribution in [0.5, 0.6) is 6.01 Å². The fraction of sp³-hybridized carbons (Fsp3) is 0.417. The lowest BCUT2D eigenvalue weighted by molar-refractivity contribution is -0.131. The van der Waals surface area contributed by atoms with Gasteiger partial charge in [-0.2, -0.15) is 15.2 Å². The summed E-state index contributed by atoms with van der Waals surface area (Å²) in [5.41, 5.74) is 4.48. The number of nitriles is 1. The van der Waals surface area contributed by atoms with Crippen LogP contribution in [0.1, 0.15) is 50.0 Å². The summed E-state index contributed by atoms with van der Waals surface area (Å²) in [7, 11) is 2.11. The number of benzene rings is 2. The Morgan fingerprint density at radius 1 is 1.06 bits per heavy atom. The molecule has 3 fully saturated rings. The number of rotatable bonds is 8. The monoisotopic (exact) mass is 653 g/mol. The molecule has 1 unspecified atom stereocenters. The third-order valence-corrected chi connectivity index (χ3v) is 10.4. The van der Waals surface area contributed by atoms with E-state index in [0.717, 1.165) is 71.6 Å². The van der Waals surface area contributed by atoms with Gasteiger partial charge in [-0.3, -0.25) is 9.78 Å². The molecule has 0 spiro atoms. The zero-order valence-electron chi connectivity index (χ0n) is 26.5. The van der Waals surface area contributed by atoms with E-state index >= 15 is 0 Å². The number of likely N-dealkylation sites (tertiary alicyclic amines) is 1.